The van der Waals surface area contributed by atoms with Crippen molar-refractivity contribution in [1.82, 2.24) is 0 Å². The fourth-order valence-corrected chi connectivity index (χ4v) is 1.95. The van der Waals surface area contributed by atoms with Crippen molar-refractivity contribution in [2.45, 2.75) is 46.0 Å². The lowest BCUT2D eigenvalue weighted by Gasteiger charge is -2.29. The summed E-state index contributed by atoms with van der Waals surface area (Å²) in [6.07, 6.45) is 3.90. The maximum Gasteiger partial charge on any atom is 0.313 e. The third-order valence-electron chi connectivity index (χ3n) is 2.89. The number of hydrogen-bond donors (Lipinski definition) is 2. The van der Waals surface area contributed by atoms with Crippen LogP contribution in [0.4, 0.5) is 0 Å². The fourth-order valence-electron chi connectivity index (χ4n) is 1.95. The van der Waals surface area contributed by atoms with Crippen LogP contribution in [0, 0.1) is 5.41 Å². The number of esters is 1. The van der Waals surface area contributed by atoms with Crippen LogP contribution >= 0.6 is 0 Å². The summed E-state index contributed by atoms with van der Waals surface area (Å²) in [5.41, 5.74) is 5.20. The number of aliphatic hydroxyl groups excluding tert-OH is 1. The van der Waals surface area contributed by atoms with Crippen LogP contribution in [-0.4, -0.2) is 30.8 Å². The Kier molecular flexibility index (Phi) is 8.21. The topological polar surface area (TPSA) is 72.5 Å². The van der Waals surface area contributed by atoms with Crippen molar-refractivity contribution >= 4 is 5.97 Å². The molecule has 0 rings (SSSR count). The molecular formula is C12H25NO3. The minimum absolute atomic E-state index is 0.162. The first-order chi connectivity index (χ1) is 7.66. The van der Waals surface area contributed by atoms with E-state index in [1.54, 1.807) is 6.92 Å². The molecule has 0 saturated heterocycles. The predicted molar refractivity (Wildman–Crippen MR) is 64.0 cm³/mol. The quantitative estimate of drug-likeness (QED) is 0.465. The van der Waals surface area contributed by atoms with E-state index < -0.39 is 5.41 Å². The minimum atomic E-state index is -0.542. The normalized spacial score (nSPS) is 14.5. The van der Waals surface area contributed by atoms with Gasteiger partial charge < -0.3 is 15.6 Å². The molecule has 16 heavy (non-hydrogen) atoms. The van der Waals surface area contributed by atoms with Crippen molar-refractivity contribution in [3.8, 4) is 0 Å². The van der Waals surface area contributed by atoms with Crippen LogP contribution in [0.25, 0.3) is 0 Å². The maximum atomic E-state index is 11.9. The molecule has 4 nitrogen and oxygen atoms in total. The fraction of sp³-hybridized carbons (Fsp3) is 0.917. The third-order valence-corrected chi connectivity index (χ3v) is 2.89. The van der Waals surface area contributed by atoms with Gasteiger partial charge in [0.2, 0.25) is 0 Å². The summed E-state index contributed by atoms with van der Waals surface area (Å²) in [6, 6.07) is 0. The van der Waals surface area contributed by atoms with Crippen molar-refractivity contribution < 1.29 is 14.6 Å². The van der Waals surface area contributed by atoms with Crippen LogP contribution in [0.2, 0.25) is 0 Å². The molecule has 4 heteroatoms. The highest BCUT2D eigenvalue weighted by Gasteiger charge is 2.36. The molecule has 0 radical (unpaired) electrons. The van der Waals surface area contributed by atoms with E-state index in [9.17, 15) is 4.79 Å². The largest absolute Gasteiger partial charge is 0.466 e. The van der Waals surface area contributed by atoms with Crippen molar-refractivity contribution in [3.05, 3.63) is 0 Å². The van der Waals surface area contributed by atoms with Crippen LogP contribution in [0.15, 0.2) is 0 Å². The highest BCUT2D eigenvalue weighted by atomic mass is 16.5. The molecule has 1 unspecified atom stereocenters. The molecule has 0 bridgehead atoms. The van der Waals surface area contributed by atoms with E-state index in [1.165, 1.54) is 0 Å². The molecule has 0 aliphatic heterocycles. The van der Waals surface area contributed by atoms with Gasteiger partial charge in [-0.05, 0) is 32.6 Å². The van der Waals surface area contributed by atoms with E-state index in [2.05, 4.69) is 0 Å². The lowest BCUT2D eigenvalue weighted by molar-refractivity contribution is -0.156. The van der Waals surface area contributed by atoms with E-state index in [-0.39, 0.29) is 12.6 Å². The summed E-state index contributed by atoms with van der Waals surface area (Å²) < 4.78 is 5.10. The Morgan fingerprint density at radius 3 is 2.44 bits per heavy atom. The number of carbonyl (C=O) groups excluding carboxylic acids is 1. The number of ether oxygens (including phenoxy) is 1. The summed E-state index contributed by atoms with van der Waals surface area (Å²) >= 11 is 0. The molecule has 0 aliphatic carbocycles. The lowest BCUT2D eigenvalue weighted by Crippen LogP contribution is -2.40. The van der Waals surface area contributed by atoms with Crippen molar-refractivity contribution in [2.75, 3.05) is 19.8 Å². The average Bonchev–Trinajstić information content (AvgIpc) is 2.28. The summed E-state index contributed by atoms with van der Waals surface area (Å²) in [5, 5.41) is 8.76. The number of aliphatic hydroxyl groups is 1. The lowest BCUT2D eigenvalue weighted by atomic mass is 9.79. The van der Waals surface area contributed by atoms with Crippen molar-refractivity contribution in [2.24, 2.45) is 11.1 Å². The van der Waals surface area contributed by atoms with Gasteiger partial charge in [-0.1, -0.05) is 13.3 Å². The van der Waals surface area contributed by atoms with Crippen LogP contribution in [-0.2, 0) is 9.53 Å². The van der Waals surface area contributed by atoms with Crippen molar-refractivity contribution in [1.29, 1.82) is 0 Å². The van der Waals surface area contributed by atoms with E-state index in [4.69, 9.17) is 15.6 Å². The molecule has 0 aromatic carbocycles. The molecule has 0 heterocycles. The summed E-state index contributed by atoms with van der Waals surface area (Å²) in [7, 11) is 0. The second-order valence-corrected chi connectivity index (χ2v) is 4.14. The zero-order valence-corrected chi connectivity index (χ0v) is 10.5. The number of carbonyl (C=O) groups is 1. The highest BCUT2D eigenvalue weighted by Crippen LogP contribution is 2.31. The van der Waals surface area contributed by atoms with Gasteiger partial charge in [0.15, 0.2) is 0 Å². The van der Waals surface area contributed by atoms with Crippen LogP contribution in [0.3, 0.4) is 0 Å². The van der Waals surface area contributed by atoms with Gasteiger partial charge in [0.25, 0.3) is 0 Å². The zero-order valence-electron chi connectivity index (χ0n) is 10.5. The Bertz CT molecular complexity index is 197. The molecule has 0 fully saturated rings. The smallest absolute Gasteiger partial charge is 0.313 e. The average molecular weight is 231 g/mol. The van der Waals surface area contributed by atoms with Gasteiger partial charge in [-0.25, -0.2) is 0 Å². The maximum absolute atomic E-state index is 11.9. The zero-order chi connectivity index (χ0) is 12.4. The Morgan fingerprint density at radius 1 is 1.31 bits per heavy atom. The highest BCUT2D eigenvalue weighted by molar-refractivity contribution is 5.77. The van der Waals surface area contributed by atoms with Crippen LogP contribution < -0.4 is 5.73 Å². The third kappa shape index (κ3) is 4.49. The van der Waals surface area contributed by atoms with Gasteiger partial charge in [0.1, 0.15) is 0 Å². The Hall–Kier alpha value is -0.610. The van der Waals surface area contributed by atoms with E-state index in [0.717, 1.165) is 19.3 Å². The number of unbranched alkanes of at least 4 members (excludes halogenated alkanes) is 1. The van der Waals surface area contributed by atoms with Crippen molar-refractivity contribution in [3.63, 3.8) is 0 Å². The molecule has 1 atom stereocenters. The molecule has 0 aliphatic rings. The van der Waals surface area contributed by atoms with E-state index in [0.29, 0.717) is 26.0 Å². The van der Waals surface area contributed by atoms with Crippen LogP contribution in [0.1, 0.15) is 46.0 Å². The number of hydrogen-bond acceptors (Lipinski definition) is 4. The second-order valence-electron chi connectivity index (χ2n) is 4.14. The summed E-state index contributed by atoms with van der Waals surface area (Å²) in [4.78, 5) is 11.9. The summed E-state index contributed by atoms with van der Waals surface area (Å²) in [5.74, 6) is -0.183. The monoisotopic (exact) mass is 231 g/mol. The minimum Gasteiger partial charge on any atom is -0.466 e. The van der Waals surface area contributed by atoms with Crippen LogP contribution in [0.5, 0.6) is 0 Å². The van der Waals surface area contributed by atoms with E-state index in [1.807, 2.05) is 6.92 Å². The first-order valence-corrected chi connectivity index (χ1v) is 6.15. The molecular weight excluding hydrogens is 206 g/mol. The molecule has 0 amide bonds. The molecule has 0 saturated carbocycles. The van der Waals surface area contributed by atoms with Gasteiger partial charge in [-0.2, -0.15) is 0 Å². The molecule has 0 aromatic rings. The Balaban J connectivity index is 4.49. The van der Waals surface area contributed by atoms with Gasteiger partial charge in [-0.15, -0.1) is 0 Å². The number of rotatable bonds is 9. The molecule has 0 aromatic heterocycles. The standard InChI is InChI=1S/C12H25NO3/c1-3-7-12(10-13,8-5-6-9-14)11(15)16-4-2/h14H,3-10,13H2,1-2H3. The van der Waals surface area contributed by atoms with Gasteiger partial charge >= 0.3 is 5.97 Å². The Labute approximate surface area is 98.2 Å². The predicted octanol–water partition coefficient (Wildman–Crippen LogP) is 1.46. The summed E-state index contributed by atoms with van der Waals surface area (Å²) in [6.45, 7) is 4.72. The first kappa shape index (κ1) is 15.4. The van der Waals surface area contributed by atoms with Gasteiger partial charge in [0.05, 0.1) is 12.0 Å². The number of nitrogens with two attached hydrogens (primary N) is 1. The van der Waals surface area contributed by atoms with E-state index >= 15 is 0 Å². The second kappa shape index (κ2) is 8.53. The van der Waals surface area contributed by atoms with Gasteiger partial charge in [-0.3, -0.25) is 4.79 Å². The first-order valence-electron chi connectivity index (χ1n) is 6.15. The van der Waals surface area contributed by atoms with Gasteiger partial charge in [0, 0.05) is 13.2 Å². The molecule has 96 valence electrons. The Morgan fingerprint density at radius 2 is 2.00 bits per heavy atom. The SMILES string of the molecule is CCCC(CN)(CCCCO)C(=O)OCC. The molecule has 0 spiro atoms. The molecule has 3 N–H and O–H groups in total.